The van der Waals surface area contributed by atoms with Gasteiger partial charge in [-0.1, -0.05) is 49.7 Å². The van der Waals surface area contributed by atoms with E-state index in [1.807, 2.05) is 6.21 Å². The first-order chi connectivity index (χ1) is 11.0. The summed E-state index contributed by atoms with van der Waals surface area (Å²) >= 11 is 0. The highest BCUT2D eigenvalue weighted by Crippen LogP contribution is 2.25. The van der Waals surface area contributed by atoms with E-state index in [-0.39, 0.29) is 0 Å². The zero-order chi connectivity index (χ0) is 16.8. The predicted octanol–water partition coefficient (Wildman–Crippen LogP) is 6.20. The SMILES string of the molecule is CCCC(C=Nc1c(C)cccc1C)=Nc1c(C)cccc1C. The molecular weight excluding hydrogens is 280 g/mol. The molecule has 2 heteroatoms. The predicted molar refractivity (Wildman–Crippen MR) is 102 cm³/mol. The van der Waals surface area contributed by atoms with E-state index in [0.29, 0.717) is 0 Å². The Balaban J connectivity index is 2.39. The molecule has 0 aromatic heterocycles. The molecule has 0 aliphatic rings. The van der Waals surface area contributed by atoms with E-state index < -0.39 is 0 Å². The van der Waals surface area contributed by atoms with Crippen LogP contribution in [0.5, 0.6) is 0 Å². The molecule has 0 saturated heterocycles. The topological polar surface area (TPSA) is 24.7 Å². The summed E-state index contributed by atoms with van der Waals surface area (Å²) < 4.78 is 0. The third-order valence-electron chi connectivity index (χ3n) is 3.98. The van der Waals surface area contributed by atoms with Gasteiger partial charge in [0.05, 0.1) is 17.1 Å². The Labute approximate surface area is 140 Å². The van der Waals surface area contributed by atoms with Gasteiger partial charge in [-0.05, 0) is 56.4 Å². The summed E-state index contributed by atoms with van der Waals surface area (Å²) in [6.45, 7) is 10.6. The second kappa shape index (κ2) is 7.87. The maximum absolute atomic E-state index is 4.89. The van der Waals surface area contributed by atoms with Crippen molar-refractivity contribution in [2.45, 2.75) is 47.5 Å². The number of nitrogens with zero attached hydrogens (tertiary/aromatic N) is 2. The van der Waals surface area contributed by atoms with Crippen molar-refractivity contribution in [2.24, 2.45) is 9.98 Å². The van der Waals surface area contributed by atoms with Crippen LogP contribution in [0.1, 0.15) is 42.0 Å². The van der Waals surface area contributed by atoms with Crippen molar-refractivity contribution in [3.8, 4) is 0 Å². The molecule has 2 rings (SSSR count). The van der Waals surface area contributed by atoms with Crippen LogP contribution in [0, 0.1) is 27.7 Å². The van der Waals surface area contributed by atoms with Gasteiger partial charge in [0, 0.05) is 6.21 Å². The van der Waals surface area contributed by atoms with Crippen molar-refractivity contribution in [1.82, 2.24) is 0 Å². The van der Waals surface area contributed by atoms with Gasteiger partial charge >= 0.3 is 0 Å². The Morgan fingerprint density at radius 2 is 1.30 bits per heavy atom. The van der Waals surface area contributed by atoms with Crippen molar-refractivity contribution in [3.05, 3.63) is 58.7 Å². The molecule has 2 aromatic rings. The van der Waals surface area contributed by atoms with Crippen molar-refractivity contribution in [2.75, 3.05) is 0 Å². The van der Waals surface area contributed by atoms with Gasteiger partial charge in [-0.3, -0.25) is 9.98 Å². The third-order valence-corrected chi connectivity index (χ3v) is 3.98. The van der Waals surface area contributed by atoms with Crippen LogP contribution in [0.25, 0.3) is 0 Å². The largest absolute Gasteiger partial charge is 0.254 e. The number of hydrogen-bond donors (Lipinski definition) is 0. The van der Waals surface area contributed by atoms with E-state index in [9.17, 15) is 0 Å². The van der Waals surface area contributed by atoms with E-state index in [2.05, 4.69) is 71.0 Å². The first kappa shape index (κ1) is 17.1. The Morgan fingerprint density at radius 1 is 0.826 bits per heavy atom. The molecule has 0 heterocycles. The molecule has 0 radical (unpaired) electrons. The van der Waals surface area contributed by atoms with Gasteiger partial charge < -0.3 is 0 Å². The Kier molecular flexibility index (Phi) is 5.86. The summed E-state index contributed by atoms with van der Waals surface area (Å²) in [6.07, 6.45) is 3.93. The smallest absolute Gasteiger partial charge is 0.0691 e. The standard InChI is InChI=1S/C21H26N2/c1-6-9-19(23-21-17(4)12-8-13-18(21)5)14-22-20-15(2)10-7-11-16(20)3/h7-8,10-14H,6,9H2,1-5H3. The summed E-state index contributed by atoms with van der Waals surface area (Å²) in [5, 5.41) is 0. The summed E-state index contributed by atoms with van der Waals surface area (Å²) in [7, 11) is 0. The quantitative estimate of drug-likeness (QED) is 0.588. The maximum atomic E-state index is 4.89. The van der Waals surface area contributed by atoms with E-state index in [0.717, 1.165) is 29.9 Å². The molecule has 0 aliphatic carbocycles. The molecular formula is C21H26N2. The zero-order valence-corrected chi connectivity index (χ0v) is 14.9. The molecule has 0 saturated carbocycles. The average Bonchev–Trinajstić information content (AvgIpc) is 2.50. The van der Waals surface area contributed by atoms with E-state index in [1.54, 1.807) is 0 Å². The average molecular weight is 306 g/mol. The number of benzene rings is 2. The van der Waals surface area contributed by atoms with Crippen LogP contribution in [-0.4, -0.2) is 11.9 Å². The number of aliphatic imine (C=N–C) groups is 2. The molecule has 23 heavy (non-hydrogen) atoms. The number of rotatable bonds is 5. The molecule has 0 aliphatic heterocycles. The Bertz CT molecular complexity index is 699. The number of aryl methyl sites for hydroxylation is 4. The van der Waals surface area contributed by atoms with Crippen LogP contribution in [0.3, 0.4) is 0 Å². The lowest BCUT2D eigenvalue weighted by Gasteiger charge is -2.07. The second-order valence-corrected chi connectivity index (χ2v) is 6.09. The highest BCUT2D eigenvalue weighted by molar-refractivity contribution is 6.31. The zero-order valence-electron chi connectivity index (χ0n) is 14.9. The monoisotopic (exact) mass is 306 g/mol. The normalized spacial score (nSPS) is 12.1. The fraction of sp³-hybridized carbons (Fsp3) is 0.333. The van der Waals surface area contributed by atoms with Crippen LogP contribution in [-0.2, 0) is 0 Å². The lowest BCUT2D eigenvalue weighted by Crippen LogP contribution is -2.00. The summed E-state index contributed by atoms with van der Waals surface area (Å²) in [5.41, 5.74) is 7.97. The molecule has 2 aromatic carbocycles. The molecule has 2 nitrogen and oxygen atoms in total. The molecule has 0 fully saturated rings. The van der Waals surface area contributed by atoms with Crippen LogP contribution >= 0.6 is 0 Å². The van der Waals surface area contributed by atoms with Crippen LogP contribution in [0.4, 0.5) is 11.4 Å². The fourth-order valence-electron chi connectivity index (χ4n) is 2.68. The minimum Gasteiger partial charge on any atom is -0.254 e. The van der Waals surface area contributed by atoms with Crippen LogP contribution in [0.2, 0.25) is 0 Å². The Morgan fingerprint density at radius 3 is 1.78 bits per heavy atom. The van der Waals surface area contributed by atoms with Gasteiger partial charge in [0.2, 0.25) is 0 Å². The first-order valence-electron chi connectivity index (χ1n) is 8.27. The molecule has 0 atom stereocenters. The van der Waals surface area contributed by atoms with Crippen molar-refractivity contribution >= 4 is 23.3 Å². The van der Waals surface area contributed by atoms with Gasteiger partial charge in [-0.25, -0.2) is 0 Å². The minimum absolute atomic E-state index is 0.933. The van der Waals surface area contributed by atoms with E-state index >= 15 is 0 Å². The van der Waals surface area contributed by atoms with Crippen molar-refractivity contribution in [1.29, 1.82) is 0 Å². The second-order valence-electron chi connectivity index (χ2n) is 6.09. The summed E-state index contributed by atoms with van der Waals surface area (Å²) in [4.78, 5) is 9.61. The van der Waals surface area contributed by atoms with Crippen molar-refractivity contribution < 1.29 is 0 Å². The number of para-hydroxylation sites is 2. The van der Waals surface area contributed by atoms with Crippen LogP contribution in [0.15, 0.2) is 46.4 Å². The number of hydrogen-bond acceptors (Lipinski definition) is 2. The highest BCUT2D eigenvalue weighted by atomic mass is 14.8. The third kappa shape index (κ3) is 4.38. The molecule has 0 N–H and O–H groups in total. The van der Waals surface area contributed by atoms with E-state index in [1.165, 1.54) is 22.3 Å². The van der Waals surface area contributed by atoms with Gasteiger partial charge in [0.25, 0.3) is 0 Å². The fourth-order valence-corrected chi connectivity index (χ4v) is 2.68. The summed E-state index contributed by atoms with van der Waals surface area (Å²) in [5.74, 6) is 0. The van der Waals surface area contributed by atoms with Gasteiger partial charge in [-0.2, -0.15) is 0 Å². The van der Waals surface area contributed by atoms with Crippen molar-refractivity contribution in [3.63, 3.8) is 0 Å². The molecule has 0 unspecified atom stereocenters. The first-order valence-corrected chi connectivity index (χ1v) is 8.27. The van der Waals surface area contributed by atoms with Gasteiger partial charge in [-0.15, -0.1) is 0 Å². The van der Waals surface area contributed by atoms with Gasteiger partial charge in [0.15, 0.2) is 0 Å². The molecule has 120 valence electrons. The van der Waals surface area contributed by atoms with E-state index in [4.69, 9.17) is 9.98 Å². The molecule has 0 spiro atoms. The maximum Gasteiger partial charge on any atom is 0.0691 e. The molecule has 0 amide bonds. The summed E-state index contributed by atoms with van der Waals surface area (Å²) in [6, 6.07) is 12.6. The van der Waals surface area contributed by atoms with Crippen LogP contribution < -0.4 is 0 Å². The van der Waals surface area contributed by atoms with Gasteiger partial charge in [0.1, 0.15) is 0 Å². The lowest BCUT2D eigenvalue weighted by atomic mass is 10.1. The highest BCUT2D eigenvalue weighted by Gasteiger charge is 2.04. The molecule has 0 bridgehead atoms. The Hall–Kier alpha value is -2.22. The minimum atomic E-state index is 0.933. The lowest BCUT2D eigenvalue weighted by molar-refractivity contribution is 1.000.